The molecule has 0 radical (unpaired) electrons. The van der Waals surface area contributed by atoms with Crippen LogP contribution in [-0.4, -0.2) is 19.5 Å². The molecule has 0 unspecified atom stereocenters. The van der Waals surface area contributed by atoms with Gasteiger partial charge in [0.2, 0.25) is 5.95 Å². The third kappa shape index (κ3) is 1.42. The average molecular weight is 210 g/mol. The normalized spacial score (nSPS) is 10.4. The van der Waals surface area contributed by atoms with Gasteiger partial charge in [-0.05, 0) is 6.92 Å². The summed E-state index contributed by atoms with van der Waals surface area (Å²) in [6.45, 7) is 1.86. The van der Waals surface area contributed by atoms with Crippen LogP contribution in [0.3, 0.4) is 0 Å². The Bertz CT molecular complexity index is 465. The third-order valence-corrected chi connectivity index (χ3v) is 2.06. The van der Waals surface area contributed by atoms with E-state index in [-0.39, 0.29) is 5.95 Å². The summed E-state index contributed by atoms with van der Waals surface area (Å²) in [6, 6.07) is 0. The van der Waals surface area contributed by atoms with Crippen LogP contribution in [0.1, 0.15) is 5.82 Å². The molecule has 0 saturated heterocycles. The number of hydrogen-bond donors (Lipinski definition) is 1. The van der Waals surface area contributed by atoms with Crippen molar-refractivity contribution in [1.29, 1.82) is 0 Å². The number of aromatic nitrogens is 4. The van der Waals surface area contributed by atoms with E-state index in [1.54, 1.807) is 17.0 Å². The molecule has 0 aliphatic rings. The van der Waals surface area contributed by atoms with Crippen LogP contribution in [-0.2, 0) is 0 Å². The van der Waals surface area contributed by atoms with Crippen molar-refractivity contribution in [3.05, 3.63) is 29.4 Å². The van der Waals surface area contributed by atoms with Gasteiger partial charge in [-0.3, -0.25) is 4.57 Å². The molecule has 2 heterocycles. The van der Waals surface area contributed by atoms with E-state index in [4.69, 9.17) is 17.3 Å². The molecule has 0 aliphatic carbocycles. The average Bonchev–Trinajstić information content (AvgIpc) is 2.56. The first-order valence-electron chi connectivity index (χ1n) is 3.97. The molecule has 2 rings (SSSR count). The second-order valence-electron chi connectivity index (χ2n) is 2.74. The minimum absolute atomic E-state index is 0.192. The van der Waals surface area contributed by atoms with E-state index in [1.807, 2.05) is 6.92 Å². The SMILES string of the molecule is Cc1nccn1-c1nc(N)ncc1Cl. The molecule has 0 saturated carbocycles. The lowest BCUT2D eigenvalue weighted by molar-refractivity contribution is 0.925. The Morgan fingerprint density at radius 1 is 1.43 bits per heavy atom. The zero-order valence-electron chi connectivity index (χ0n) is 7.48. The number of aryl methyl sites for hydroxylation is 1. The van der Waals surface area contributed by atoms with Crippen LogP contribution >= 0.6 is 11.6 Å². The van der Waals surface area contributed by atoms with Crippen LogP contribution in [0.2, 0.25) is 5.02 Å². The van der Waals surface area contributed by atoms with E-state index in [0.29, 0.717) is 10.8 Å². The highest BCUT2D eigenvalue weighted by Crippen LogP contribution is 2.18. The van der Waals surface area contributed by atoms with E-state index in [2.05, 4.69) is 15.0 Å². The van der Waals surface area contributed by atoms with Gasteiger partial charge in [0.1, 0.15) is 10.8 Å². The van der Waals surface area contributed by atoms with Gasteiger partial charge in [-0.25, -0.2) is 9.97 Å². The summed E-state index contributed by atoms with van der Waals surface area (Å²) in [5.41, 5.74) is 5.47. The summed E-state index contributed by atoms with van der Waals surface area (Å²) in [5, 5.41) is 0.445. The molecule has 0 spiro atoms. The van der Waals surface area contributed by atoms with Crippen LogP contribution < -0.4 is 5.73 Å². The van der Waals surface area contributed by atoms with Gasteiger partial charge in [0.15, 0.2) is 5.82 Å². The zero-order chi connectivity index (χ0) is 10.1. The number of anilines is 1. The van der Waals surface area contributed by atoms with Crippen LogP contribution in [0.5, 0.6) is 0 Å². The van der Waals surface area contributed by atoms with Gasteiger partial charge in [-0.1, -0.05) is 11.6 Å². The monoisotopic (exact) mass is 209 g/mol. The smallest absolute Gasteiger partial charge is 0.222 e. The Balaban J connectivity index is 2.62. The fourth-order valence-corrected chi connectivity index (χ4v) is 1.32. The van der Waals surface area contributed by atoms with E-state index < -0.39 is 0 Å². The molecular formula is C8H8ClN5. The van der Waals surface area contributed by atoms with Crippen LogP contribution in [0.4, 0.5) is 5.95 Å². The number of hydrogen-bond acceptors (Lipinski definition) is 4. The molecule has 2 N–H and O–H groups in total. The minimum Gasteiger partial charge on any atom is -0.368 e. The lowest BCUT2D eigenvalue weighted by atomic mass is 10.5. The molecular weight excluding hydrogens is 202 g/mol. The standard InChI is InChI=1S/C8H8ClN5/c1-5-11-2-3-14(5)7-6(9)4-12-8(10)13-7/h2-4H,1H3,(H2,10,12,13). The molecule has 0 fully saturated rings. The van der Waals surface area contributed by atoms with Gasteiger partial charge in [-0.2, -0.15) is 4.98 Å². The quantitative estimate of drug-likeness (QED) is 0.767. The Morgan fingerprint density at radius 3 is 2.86 bits per heavy atom. The second kappa shape index (κ2) is 3.26. The topological polar surface area (TPSA) is 69.6 Å². The lowest BCUT2D eigenvalue weighted by Gasteiger charge is -2.05. The molecule has 5 nitrogen and oxygen atoms in total. The van der Waals surface area contributed by atoms with Crippen molar-refractivity contribution in [2.24, 2.45) is 0 Å². The molecule has 14 heavy (non-hydrogen) atoms. The van der Waals surface area contributed by atoms with E-state index in [0.717, 1.165) is 5.82 Å². The van der Waals surface area contributed by atoms with E-state index >= 15 is 0 Å². The van der Waals surface area contributed by atoms with Gasteiger partial charge in [0, 0.05) is 12.4 Å². The van der Waals surface area contributed by atoms with Gasteiger partial charge in [-0.15, -0.1) is 0 Å². The Kier molecular flexibility index (Phi) is 2.09. The maximum Gasteiger partial charge on any atom is 0.222 e. The van der Waals surface area contributed by atoms with Crippen molar-refractivity contribution in [3.63, 3.8) is 0 Å². The first-order valence-corrected chi connectivity index (χ1v) is 4.34. The van der Waals surface area contributed by atoms with Gasteiger partial charge in [0.05, 0.1) is 6.20 Å². The zero-order valence-corrected chi connectivity index (χ0v) is 8.23. The number of rotatable bonds is 1. The number of halogens is 1. The highest BCUT2D eigenvalue weighted by Gasteiger charge is 2.07. The second-order valence-corrected chi connectivity index (χ2v) is 3.15. The number of nitrogens with two attached hydrogens (primary N) is 1. The lowest BCUT2D eigenvalue weighted by Crippen LogP contribution is -2.03. The summed E-state index contributed by atoms with van der Waals surface area (Å²) in [7, 11) is 0. The fraction of sp³-hybridized carbons (Fsp3) is 0.125. The summed E-state index contributed by atoms with van der Waals surface area (Å²) in [5.74, 6) is 1.54. The molecule has 0 atom stereocenters. The maximum absolute atomic E-state index is 5.93. The van der Waals surface area contributed by atoms with E-state index in [9.17, 15) is 0 Å². The molecule has 0 amide bonds. The van der Waals surface area contributed by atoms with Crippen molar-refractivity contribution < 1.29 is 0 Å². The Labute approximate surface area is 85.6 Å². The Hall–Kier alpha value is -1.62. The van der Waals surface area contributed by atoms with Crippen molar-refractivity contribution >= 4 is 17.5 Å². The van der Waals surface area contributed by atoms with Crippen LogP contribution in [0, 0.1) is 6.92 Å². The predicted octanol–water partition coefficient (Wildman–Crippen LogP) is 1.21. The predicted molar refractivity (Wildman–Crippen MR) is 53.3 cm³/mol. The Morgan fingerprint density at radius 2 is 2.21 bits per heavy atom. The number of imidazole rings is 1. The summed E-state index contributed by atoms with van der Waals surface area (Å²) < 4.78 is 1.75. The molecule has 0 bridgehead atoms. The third-order valence-electron chi connectivity index (χ3n) is 1.80. The molecule has 2 aromatic rings. The van der Waals surface area contributed by atoms with Gasteiger partial charge < -0.3 is 5.73 Å². The van der Waals surface area contributed by atoms with Crippen molar-refractivity contribution in [2.75, 3.05) is 5.73 Å². The summed E-state index contributed by atoms with van der Waals surface area (Å²) >= 11 is 5.93. The molecule has 72 valence electrons. The van der Waals surface area contributed by atoms with Crippen LogP contribution in [0.15, 0.2) is 18.6 Å². The molecule has 0 aromatic carbocycles. The minimum atomic E-state index is 0.192. The molecule has 6 heteroatoms. The highest BCUT2D eigenvalue weighted by atomic mass is 35.5. The number of nitrogen functional groups attached to an aromatic ring is 1. The summed E-state index contributed by atoms with van der Waals surface area (Å²) in [6.07, 6.45) is 4.91. The number of nitrogens with zero attached hydrogens (tertiary/aromatic N) is 4. The maximum atomic E-state index is 5.93. The van der Waals surface area contributed by atoms with Gasteiger partial charge in [0.25, 0.3) is 0 Å². The summed E-state index contributed by atoms with van der Waals surface area (Å²) in [4.78, 5) is 11.9. The van der Waals surface area contributed by atoms with Crippen LogP contribution in [0.25, 0.3) is 5.82 Å². The molecule has 0 aliphatic heterocycles. The van der Waals surface area contributed by atoms with E-state index in [1.165, 1.54) is 6.20 Å². The fourth-order valence-electron chi connectivity index (χ4n) is 1.14. The first-order chi connectivity index (χ1) is 6.68. The highest BCUT2D eigenvalue weighted by molar-refractivity contribution is 6.32. The van der Waals surface area contributed by atoms with Crippen molar-refractivity contribution in [3.8, 4) is 5.82 Å². The first kappa shape index (κ1) is 8.96. The van der Waals surface area contributed by atoms with Crippen molar-refractivity contribution in [1.82, 2.24) is 19.5 Å². The largest absolute Gasteiger partial charge is 0.368 e. The van der Waals surface area contributed by atoms with Crippen molar-refractivity contribution in [2.45, 2.75) is 6.92 Å². The van der Waals surface area contributed by atoms with Gasteiger partial charge >= 0.3 is 0 Å². The molecule has 2 aromatic heterocycles.